The third kappa shape index (κ3) is 4.01. The van der Waals surface area contributed by atoms with Gasteiger partial charge in [0.15, 0.2) is 11.5 Å². The predicted molar refractivity (Wildman–Crippen MR) is 91.3 cm³/mol. The monoisotopic (exact) mass is 398 g/mol. The summed E-state index contributed by atoms with van der Waals surface area (Å²) in [6.07, 6.45) is 0. The summed E-state index contributed by atoms with van der Waals surface area (Å²) in [7, 11) is 3.11. The smallest absolute Gasteiger partial charge is 0.323 e. The molecule has 2 amide bonds. The van der Waals surface area contributed by atoms with Crippen LogP contribution in [0.4, 0.5) is 16.2 Å². The highest BCUT2D eigenvalue weighted by atomic mass is 127. The normalized spacial score (nSPS) is 9.86. The van der Waals surface area contributed by atoms with Crippen molar-refractivity contribution in [3.05, 3.63) is 46.0 Å². The van der Waals surface area contributed by atoms with E-state index in [1.165, 1.54) is 0 Å². The quantitative estimate of drug-likeness (QED) is 0.767. The van der Waals surface area contributed by atoms with Crippen LogP contribution in [0, 0.1) is 3.57 Å². The van der Waals surface area contributed by atoms with Gasteiger partial charge in [-0.25, -0.2) is 4.79 Å². The zero-order chi connectivity index (χ0) is 15.2. The molecule has 0 fully saturated rings. The van der Waals surface area contributed by atoms with E-state index in [0.29, 0.717) is 17.2 Å². The number of methoxy groups -OCH3 is 2. The summed E-state index contributed by atoms with van der Waals surface area (Å²) < 4.78 is 11.3. The Morgan fingerprint density at radius 3 is 2.38 bits per heavy atom. The lowest BCUT2D eigenvalue weighted by molar-refractivity contribution is 0.262. The Kier molecular flexibility index (Phi) is 5.26. The summed E-state index contributed by atoms with van der Waals surface area (Å²) in [6.45, 7) is 0. The number of ether oxygens (including phenoxy) is 2. The van der Waals surface area contributed by atoms with Crippen LogP contribution in [-0.2, 0) is 0 Å². The van der Waals surface area contributed by atoms with Crippen molar-refractivity contribution in [2.75, 3.05) is 24.9 Å². The number of rotatable bonds is 4. The Labute approximate surface area is 136 Å². The van der Waals surface area contributed by atoms with E-state index >= 15 is 0 Å². The van der Waals surface area contributed by atoms with Crippen LogP contribution in [0.5, 0.6) is 11.5 Å². The highest BCUT2D eigenvalue weighted by Gasteiger charge is 2.08. The number of carbonyl (C=O) groups excluding carboxylic acids is 1. The van der Waals surface area contributed by atoms with Crippen LogP contribution in [0.25, 0.3) is 0 Å². The molecule has 110 valence electrons. The summed E-state index contributed by atoms with van der Waals surface area (Å²) in [5.41, 5.74) is 1.38. The van der Waals surface area contributed by atoms with Gasteiger partial charge >= 0.3 is 6.03 Å². The van der Waals surface area contributed by atoms with Gasteiger partial charge in [0.25, 0.3) is 0 Å². The number of hydrogen-bond donors (Lipinski definition) is 2. The minimum Gasteiger partial charge on any atom is -0.493 e. The van der Waals surface area contributed by atoms with Gasteiger partial charge in [0, 0.05) is 15.3 Å². The van der Waals surface area contributed by atoms with Crippen LogP contribution >= 0.6 is 22.6 Å². The topological polar surface area (TPSA) is 59.6 Å². The number of anilines is 2. The summed E-state index contributed by atoms with van der Waals surface area (Å²) in [4.78, 5) is 12.0. The minimum absolute atomic E-state index is 0.314. The average molecular weight is 398 g/mol. The van der Waals surface area contributed by atoms with E-state index in [0.717, 1.165) is 9.26 Å². The maximum absolute atomic E-state index is 12.0. The molecule has 0 atom stereocenters. The van der Waals surface area contributed by atoms with Crippen LogP contribution < -0.4 is 20.1 Å². The standard InChI is InChI=1S/C15H15IN2O3/c1-20-13-8-7-10(9-14(13)21-2)17-15(19)18-12-6-4-3-5-11(12)16/h3-9H,1-2H3,(H2,17,18,19). The lowest BCUT2D eigenvalue weighted by Crippen LogP contribution is -2.20. The van der Waals surface area contributed by atoms with Gasteiger partial charge in [0.05, 0.1) is 19.9 Å². The number of nitrogens with one attached hydrogen (secondary N) is 2. The molecule has 2 aromatic carbocycles. The van der Waals surface area contributed by atoms with E-state index in [1.54, 1.807) is 32.4 Å². The van der Waals surface area contributed by atoms with E-state index < -0.39 is 0 Å². The predicted octanol–water partition coefficient (Wildman–Crippen LogP) is 3.95. The van der Waals surface area contributed by atoms with Crippen molar-refractivity contribution in [1.29, 1.82) is 0 Å². The number of carbonyl (C=O) groups is 1. The molecular weight excluding hydrogens is 383 g/mol. The molecule has 0 aliphatic rings. The lowest BCUT2D eigenvalue weighted by Gasteiger charge is -2.12. The molecule has 0 bridgehead atoms. The molecular formula is C15H15IN2O3. The van der Waals surface area contributed by atoms with Gasteiger partial charge < -0.3 is 20.1 Å². The van der Waals surface area contributed by atoms with Crippen molar-refractivity contribution in [3.8, 4) is 11.5 Å². The Morgan fingerprint density at radius 2 is 1.71 bits per heavy atom. The van der Waals surface area contributed by atoms with Crippen LogP contribution in [-0.4, -0.2) is 20.3 Å². The van der Waals surface area contributed by atoms with E-state index in [2.05, 4.69) is 33.2 Å². The molecule has 2 aromatic rings. The van der Waals surface area contributed by atoms with E-state index in [4.69, 9.17) is 9.47 Å². The fraction of sp³-hybridized carbons (Fsp3) is 0.133. The molecule has 0 saturated heterocycles. The third-order valence-corrected chi connectivity index (χ3v) is 3.70. The Bertz CT molecular complexity index is 647. The molecule has 0 unspecified atom stereocenters. The molecule has 0 aromatic heterocycles. The van der Waals surface area contributed by atoms with Crippen molar-refractivity contribution in [3.63, 3.8) is 0 Å². The zero-order valence-electron chi connectivity index (χ0n) is 11.6. The van der Waals surface area contributed by atoms with Crippen molar-refractivity contribution < 1.29 is 14.3 Å². The molecule has 6 heteroatoms. The van der Waals surface area contributed by atoms with Gasteiger partial charge in [-0.15, -0.1) is 0 Å². The highest BCUT2D eigenvalue weighted by Crippen LogP contribution is 2.29. The number of amides is 2. The van der Waals surface area contributed by atoms with Gasteiger partial charge in [-0.1, -0.05) is 12.1 Å². The first-order valence-electron chi connectivity index (χ1n) is 6.18. The second-order valence-corrected chi connectivity index (χ2v) is 5.29. The SMILES string of the molecule is COc1ccc(NC(=O)Nc2ccccc2I)cc1OC. The van der Waals surface area contributed by atoms with Crippen LogP contribution in [0.1, 0.15) is 0 Å². The fourth-order valence-electron chi connectivity index (χ4n) is 1.76. The maximum Gasteiger partial charge on any atom is 0.323 e. The average Bonchev–Trinajstić information content (AvgIpc) is 2.49. The van der Waals surface area contributed by atoms with Gasteiger partial charge in [-0.05, 0) is 46.9 Å². The molecule has 0 radical (unpaired) electrons. The lowest BCUT2D eigenvalue weighted by atomic mass is 10.2. The van der Waals surface area contributed by atoms with Crippen molar-refractivity contribution in [2.45, 2.75) is 0 Å². The van der Waals surface area contributed by atoms with Gasteiger partial charge in [0.2, 0.25) is 0 Å². The van der Waals surface area contributed by atoms with Crippen molar-refractivity contribution in [1.82, 2.24) is 0 Å². The molecule has 5 nitrogen and oxygen atoms in total. The Balaban J connectivity index is 2.08. The largest absolute Gasteiger partial charge is 0.493 e. The summed E-state index contributed by atoms with van der Waals surface area (Å²) in [5.74, 6) is 1.17. The minimum atomic E-state index is -0.314. The summed E-state index contributed by atoms with van der Waals surface area (Å²) in [6, 6.07) is 12.4. The van der Waals surface area contributed by atoms with Gasteiger partial charge in [0.1, 0.15) is 0 Å². The van der Waals surface area contributed by atoms with E-state index in [-0.39, 0.29) is 6.03 Å². The number of urea groups is 1. The number of halogens is 1. The van der Waals surface area contributed by atoms with Gasteiger partial charge in [-0.3, -0.25) is 0 Å². The summed E-state index contributed by atoms with van der Waals surface area (Å²) in [5, 5.41) is 5.55. The van der Waals surface area contributed by atoms with Crippen LogP contribution in [0.3, 0.4) is 0 Å². The van der Waals surface area contributed by atoms with E-state index in [9.17, 15) is 4.79 Å². The highest BCUT2D eigenvalue weighted by molar-refractivity contribution is 14.1. The molecule has 0 aliphatic carbocycles. The Hall–Kier alpha value is -1.96. The second kappa shape index (κ2) is 7.16. The number of hydrogen-bond acceptors (Lipinski definition) is 3. The molecule has 21 heavy (non-hydrogen) atoms. The maximum atomic E-state index is 12.0. The molecule has 0 heterocycles. The number of benzene rings is 2. The van der Waals surface area contributed by atoms with Gasteiger partial charge in [-0.2, -0.15) is 0 Å². The first kappa shape index (κ1) is 15.4. The third-order valence-electron chi connectivity index (χ3n) is 2.76. The molecule has 2 rings (SSSR count). The first-order valence-corrected chi connectivity index (χ1v) is 7.26. The van der Waals surface area contributed by atoms with Crippen LogP contribution in [0.2, 0.25) is 0 Å². The van der Waals surface area contributed by atoms with Crippen molar-refractivity contribution in [2.24, 2.45) is 0 Å². The second-order valence-electron chi connectivity index (χ2n) is 4.13. The van der Waals surface area contributed by atoms with E-state index in [1.807, 2.05) is 24.3 Å². The molecule has 0 aliphatic heterocycles. The summed E-state index contributed by atoms with van der Waals surface area (Å²) >= 11 is 2.17. The fourth-order valence-corrected chi connectivity index (χ4v) is 2.28. The number of para-hydroxylation sites is 1. The zero-order valence-corrected chi connectivity index (χ0v) is 13.8. The van der Waals surface area contributed by atoms with Crippen molar-refractivity contribution >= 4 is 40.0 Å². The van der Waals surface area contributed by atoms with Crippen LogP contribution in [0.15, 0.2) is 42.5 Å². The first-order chi connectivity index (χ1) is 10.1. The molecule has 2 N–H and O–H groups in total. The molecule has 0 spiro atoms. The molecule has 0 saturated carbocycles. The Morgan fingerprint density at radius 1 is 1.00 bits per heavy atom.